The Balaban J connectivity index is 1.67. The van der Waals surface area contributed by atoms with E-state index in [1.54, 1.807) is 18.3 Å². The number of benzene rings is 2. The fraction of sp³-hybridized carbons (Fsp3) is 0.182. The van der Waals surface area contributed by atoms with Crippen LogP contribution in [0.15, 0.2) is 60.8 Å². The van der Waals surface area contributed by atoms with E-state index in [1.165, 1.54) is 12.1 Å². The maximum absolute atomic E-state index is 13.1. The quantitative estimate of drug-likeness (QED) is 0.552. The van der Waals surface area contributed by atoms with Crippen LogP contribution in [0.5, 0.6) is 5.75 Å². The van der Waals surface area contributed by atoms with Gasteiger partial charge in [0.25, 0.3) is 0 Å². The lowest BCUT2D eigenvalue weighted by molar-refractivity contribution is 0.201. The summed E-state index contributed by atoms with van der Waals surface area (Å²) in [7, 11) is 0. The standard InChI is InChI=1S/C22H20FN3O2/c1-15-11-20(17-3-2-4-19(12-17)28-10-9-27)25-21-13-24-26(22(15)21)14-16-5-7-18(23)8-6-16/h2-8,11-13,27H,9-10,14H2,1H3. The SMILES string of the molecule is Cc1cc(-c2cccc(OCCO)c2)nc2cnn(Cc3ccc(F)cc3)c12. The third-order valence-corrected chi connectivity index (χ3v) is 4.52. The van der Waals surface area contributed by atoms with Crippen LogP contribution in [0.4, 0.5) is 4.39 Å². The van der Waals surface area contributed by atoms with E-state index in [2.05, 4.69) is 5.10 Å². The number of nitrogens with zero attached hydrogens (tertiary/aromatic N) is 3. The smallest absolute Gasteiger partial charge is 0.123 e. The molecular weight excluding hydrogens is 357 g/mol. The Bertz CT molecular complexity index is 1110. The summed E-state index contributed by atoms with van der Waals surface area (Å²) in [5.74, 6) is 0.444. The highest BCUT2D eigenvalue weighted by molar-refractivity contribution is 5.81. The topological polar surface area (TPSA) is 60.2 Å². The van der Waals surface area contributed by atoms with Crippen molar-refractivity contribution in [3.05, 3.63) is 77.7 Å². The number of ether oxygens (including phenoxy) is 1. The average molecular weight is 377 g/mol. The van der Waals surface area contributed by atoms with Crippen LogP contribution >= 0.6 is 0 Å². The number of aliphatic hydroxyl groups excluding tert-OH is 1. The molecule has 0 saturated carbocycles. The van der Waals surface area contributed by atoms with Gasteiger partial charge in [-0.1, -0.05) is 24.3 Å². The van der Waals surface area contributed by atoms with Gasteiger partial charge in [0.1, 0.15) is 23.7 Å². The summed E-state index contributed by atoms with van der Waals surface area (Å²) in [6.45, 7) is 2.81. The van der Waals surface area contributed by atoms with Crippen LogP contribution in [0.2, 0.25) is 0 Å². The van der Waals surface area contributed by atoms with Crippen LogP contribution in [-0.2, 0) is 6.54 Å². The van der Waals surface area contributed by atoms with E-state index < -0.39 is 0 Å². The first kappa shape index (κ1) is 18.1. The van der Waals surface area contributed by atoms with E-state index in [1.807, 2.05) is 41.9 Å². The van der Waals surface area contributed by atoms with Gasteiger partial charge >= 0.3 is 0 Å². The molecule has 2 heterocycles. The van der Waals surface area contributed by atoms with Crippen molar-refractivity contribution in [1.82, 2.24) is 14.8 Å². The molecule has 1 N–H and O–H groups in total. The predicted octanol–water partition coefficient (Wildman–Crippen LogP) is 3.97. The minimum absolute atomic E-state index is 0.0270. The lowest BCUT2D eigenvalue weighted by atomic mass is 10.1. The number of hydrogen-bond acceptors (Lipinski definition) is 4. The first-order valence-corrected chi connectivity index (χ1v) is 9.06. The number of fused-ring (bicyclic) bond motifs is 1. The zero-order valence-corrected chi connectivity index (χ0v) is 15.5. The van der Waals surface area contributed by atoms with Crippen LogP contribution in [0.25, 0.3) is 22.3 Å². The zero-order chi connectivity index (χ0) is 19.5. The Labute approximate surface area is 162 Å². The van der Waals surface area contributed by atoms with Crippen molar-refractivity contribution >= 4 is 11.0 Å². The third-order valence-electron chi connectivity index (χ3n) is 4.52. The number of pyridine rings is 1. The minimum atomic E-state index is -0.248. The molecular formula is C22H20FN3O2. The first-order chi connectivity index (χ1) is 13.6. The van der Waals surface area contributed by atoms with Gasteiger partial charge in [0.05, 0.1) is 30.6 Å². The fourth-order valence-electron chi connectivity index (χ4n) is 3.24. The molecule has 4 aromatic rings. The van der Waals surface area contributed by atoms with Gasteiger partial charge in [-0.05, 0) is 48.4 Å². The summed E-state index contributed by atoms with van der Waals surface area (Å²) in [6, 6.07) is 16.1. The Kier molecular flexibility index (Phi) is 5.04. The Hall–Kier alpha value is -3.25. The summed E-state index contributed by atoms with van der Waals surface area (Å²) < 4.78 is 20.5. The molecule has 6 heteroatoms. The van der Waals surface area contributed by atoms with E-state index >= 15 is 0 Å². The molecule has 5 nitrogen and oxygen atoms in total. The molecule has 0 aliphatic heterocycles. The van der Waals surface area contributed by atoms with Gasteiger partial charge in [-0.3, -0.25) is 4.68 Å². The molecule has 0 aliphatic carbocycles. The second kappa shape index (κ2) is 7.78. The highest BCUT2D eigenvalue weighted by atomic mass is 19.1. The van der Waals surface area contributed by atoms with Crippen molar-refractivity contribution in [2.75, 3.05) is 13.2 Å². The highest BCUT2D eigenvalue weighted by Gasteiger charge is 2.11. The molecule has 28 heavy (non-hydrogen) atoms. The molecule has 0 aliphatic rings. The number of hydrogen-bond donors (Lipinski definition) is 1. The second-order valence-corrected chi connectivity index (χ2v) is 6.59. The summed E-state index contributed by atoms with van der Waals surface area (Å²) in [6.07, 6.45) is 1.75. The Morgan fingerprint density at radius 3 is 2.71 bits per heavy atom. The van der Waals surface area contributed by atoms with Gasteiger partial charge < -0.3 is 9.84 Å². The van der Waals surface area contributed by atoms with Crippen molar-refractivity contribution < 1.29 is 14.2 Å². The summed E-state index contributed by atoms with van der Waals surface area (Å²) in [4.78, 5) is 4.76. The summed E-state index contributed by atoms with van der Waals surface area (Å²) >= 11 is 0. The maximum Gasteiger partial charge on any atom is 0.123 e. The Morgan fingerprint density at radius 1 is 1.11 bits per heavy atom. The van der Waals surface area contributed by atoms with Gasteiger partial charge in [0, 0.05) is 5.56 Å². The molecule has 0 fully saturated rings. The predicted molar refractivity (Wildman–Crippen MR) is 106 cm³/mol. The lowest BCUT2D eigenvalue weighted by Gasteiger charge is -2.09. The molecule has 0 unspecified atom stereocenters. The first-order valence-electron chi connectivity index (χ1n) is 9.06. The van der Waals surface area contributed by atoms with Crippen molar-refractivity contribution in [3.63, 3.8) is 0 Å². The summed E-state index contributed by atoms with van der Waals surface area (Å²) in [5.41, 5.74) is 5.57. The monoisotopic (exact) mass is 377 g/mol. The van der Waals surface area contributed by atoms with Crippen LogP contribution < -0.4 is 4.74 Å². The van der Waals surface area contributed by atoms with E-state index in [-0.39, 0.29) is 19.0 Å². The van der Waals surface area contributed by atoms with E-state index in [0.29, 0.717) is 12.3 Å². The maximum atomic E-state index is 13.1. The third kappa shape index (κ3) is 3.73. The van der Waals surface area contributed by atoms with Crippen molar-refractivity contribution in [2.45, 2.75) is 13.5 Å². The number of halogens is 1. The van der Waals surface area contributed by atoms with E-state index in [4.69, 9.17) is 14.8 Å². The zero-order valence-electron chi connectivity index (χ0n) is 15.5. The largest absolute Gasteiger partial charge is 0.491 e. The van der Waals surface area contributed by atoms with Crippen molar-refractivity contribution in [1.29, 1.82) is 0 Å². The van der Waals surface area contributed by atoms with Gasteiger partial charge in [-0.15, -0.1) is 0 Å². The molecule has 0 atom stereocenters. The molecule has 2 aromatic carbocycles. The van der Waals surface area contributed by atoms with Gasteiger partial charge in [-0.25, -0.2) is 9.37 Å². The van der Waals surface area contributed by atoms with Crippen molar-refractivity contribution in [2.24, 2.45) is 0 Å². The number of aromatic nitrogens is 3. The van der Waals surface area contributed by atoms with Crippen LogP contribution in [0, 0.1) is 12.7 Å². The average Bonchev–Trinajstić information content (AvgIpc) is 3.11. The number of rotatable bonds is 6. The van der Waals surface area contributed by atoms with Crippen LogP contribution in [-0.4, -0.2) is 33.1 Å². The normalized spacial score (nSPS) is 11.1. The molecule has 0 bridgehead atoms. The number of aliphatic hydroxyl groups is 1. The van der Waals surface area contributed by atoms with E-state index in [9.17, 15) is 4.39 Å². The van der Waals surface area contributed by atoms with Gasteiger partial charge in [-0.2, -0.15) is 5.10 Å². The molecule has 4 rings (SSSR count). The molecule has 0 spiro atoms. The lowest BCUT2D eigenvalue weighted by Crippen LogP contribution is -2.03. The second-order valence-electron chi connectivity index (χ2n) is 6.59. The van der Waals surface area contributed by atoms with Gasteiger partial charge in [0.2, 0.25) is 0 Å². The molecule has 0 radical (unpaired) electrons. The Morgan fingerprint density at radius 2 is 1.93 bits per heavy atom. The van der Waals surface area contributed by atoms with Crippen LogP contribution in [0.1, 0.15) is 11.1 Å². The highest BCUT2D eigenvalue weighted by Crippen LogP contribution is 2.27. The number of aryl methyl sites for hydroxylation is 1. The van der Waals surface area contributed by atoms with Crippen molar-refractivity contribution in [3.8, 4) is 17.0 Å². The molecule has 142 valence electrons. The molecule has 2 aromatic heterocycles. The fourth-order valence-corrected chi connectivity index (χ4v) is 3.24. The van der Waals surface area contributed by atoms with E-state index in [0.717, 1.165) is 33.4 Å². The van der Waals surface area contributed by atoms with Gasteiger partial charge in [0.15, 0.2) is 0 Å². The molecule has 0 amide bonds. The van der Waals surface area contributed by atoms with Crippen LogP contribution in [0.3, 0.4) is 0 Å². The minimum Gasteiger partial charge on any atom is -0.491 e. The molecule has 0 saturated heterocycles. The summed E-state index contributed by atoms with van der Waals surface area (Å²) in [5, 5.41) is 13.4.